The highest BCUT2D eigenvalue weighted by Crippen LogP contribution is 2.33. The molecule has 2 aliphatic rings. The molecule has 0 bridgehead atoms. The summed E-state index contributed by atoms with van der Waals surface area (Å²) in [6.45, 7) is 3.27. The summed E-state index contributed by atoms with van der Waals surface area (Å²) in [4.78, 5) is 16.3. The van der Waals surface area contributed by atoms with Crippen molar-refractivity contribution in [3.63, 3.8) is 0 Å². The summed E-state index contributed by atoms with van der Waals surface area (Å²) in [6.07, 6.45) is 3.98. The molecular weight excluding hydrogens is 297 g/mol. The molecule has 23 heavy (non-hydrogen) atoms. The molecule has 2 aliphatic heterocycles. The number of nitrogens with zero attached hydrogens (tertiary/aromatic N) is 3. The highest BCUT2D eigenvalue weighted by molar-refractivity contribution is 5.80. The van der Waals surface area contributed by atoms with Crippen LogP contribution >= 0.6 is 0 Å². The topological polar surface area (TPSA) is 49.6 Å². The summed E-state index contributed by atoms with van der Waals surface area (Å²) in [5.41, 5.74) is 1.39. The van der Waals surface area contributed by atoms with E-state index in [9.17, 15) is 9.18 Å². The Bertz CT molecular complexity index is 716. The zero-order valence-corrected chi connectivity index (χ0v) is 13.0. The Balaban J connectivity index is 1.45. The molecule has 0 radical (unpaired) electrons. The van der Waals surface area contributed by atoms with Gasteiger partial charge in [0.15, 0.2) is 5.58 Å². The number of hydrogen-bond donors (Lipinski definition) is 0. The van der Waals surface area contributed by atoms with Crippen LogP contribution in [0.5, 0.6) is 0 Å². The largest absolute Gasteiger partial charge is 0.356 e. The molecule has 0 atom stereocenters. The van der Waals surface area contributed by atoms with Crippen molar-refractivity contribution in [3.8, 4) is 0 Å². The number of amides is 2. The summed E-state index contributed by atoms with van der Waals surface area (Å²) in [5, 5.41) is 5.04. The van der Waals surface area contributed by atoms with E-state index in [1.807, 2.05) is 9.80 Å². The van der Waals surface area contributed by atoms with Crippen molar-refractivity contribution in [3.05, 3.63) is 29.7 Å². The normalized spacial score (nSPS) is 19.7. The van der Waals surface area contributed by atoms with Crippen LogP contribution in [0.1, 0.15) is 37.3 Å². The van der Waals surface area contributed by atoms with Gasteiger partial charge in [0, 0.05) is 43.5 Å². The van der Waals surface area contributed by atoms with Gasteiger partial charge >= 0.3 is 6.03 Å². The molecule has 1 aromatic heterocycles. The summed E-state index contributed by atoms with van der Waals surface area (Å²) < 4.78 is 18.5. The Morgan fingerprint density at radius 1 is 1.13 bits per heavy atom. The lowest BCUT2D eigenvalue weighted by atomic mass is 9.92. The van der Waals surface area contributed by atoms with Crippen molar-refractivity contribution in [2.45, 2.75) is 31.6 Å². The number of fused-ring (bicyclic) bond motifs is 1. The first-order chi connectivity index (χ1) is 11.2. The molecule has 0 spiro atoms. The van der Waals surface area contributed by atoms with Crippen molar-refractivity contribution in [1.82, 2.24) is 15.0 Å². The highest BCUT2D eigenvalue weighted by Gasteiger charge is 2.30. The lowest BCUT2D eigenvalue weighted by molar-refractivity contribution is 0.148. The predicted octanol–water partition coefficient (Wildman–Crippen LogP) is 3.36. The van der Waals surface area contributed by atoms with E-state index in [0.717, 1.165) is 62.9 Å². The van der Waals surface area contributed by atoms with Crippen LogP contribution in [0.25, 0.3) is 11.0 Å². The van der Waals surface area contributed by atoms with Crippen LogP contribution in [0.3, 0.4) is 0 Å². The van der Waals surface area contributed by atoms with E-state index in [1.165, 1.54) is 12.1 Å². The standard InChI is InChI=1S/C17H20FN3O2/c18-13-3-4-14-15(11-13)23-19-16(14)12-5-9-21(10-6-12)17(22)20-7-1-2-8-20/h3-4,11-12H,1-2,5-10H2. The molecule has 4 rings (SSSR count). The number of halogens is 1. The third kappa shape index (κ3) is 2.66. The van der Waals surface area contributed by atoms with E-state index in [0.29, 0.717) is 5.58 Å². The van der Waals surface area contributed by atoms with E-state index < -0.39 is 0 Å². The number of aromatic nitrogens is 1. The first-order valence-corrected chi connectivity index (χ1v) is 8.31. The van der Waals surface area contributed by atoms with Gasteiger partial charge in [-0.1, -0.05) is 5.16 Å². The van der Waals surface area contributed by atoms with E-state index >= 15 is 0 Å². The number of benzene rings is 1. The summed E-state index contributed by atoms with van der Waals surface area (Å²) >= 11 is 0. The Hall–Kier alpha value is -2.11. The van der Waals surface area contributed by atoms with Crippen LogP contribution in [0.4, 0.5) is 9.18 Å². The van der Waals surface area contributed by atoms with Gasteiger partial charge in [-0.2, -0.15) is 0 Å². The Labute approximate surface area is 134 Å². The number of urea groups is 1. The minimum absolute atomic E-state index is 0.174. The number of carbonyl (C=O) groups is 1. The van der Waals surface area contributed by atoms with Crippen LogP contribution in [-0.2, 0) is 0 Å². The SMILES string of the molecule is O=C(N1CCCC1)N1CCC(c2noc3cc(F)ccc23)CC1. The first kappa shape index (κ1) is 14.5. The Morgan fingerprint density at radius 2 is 1.83 bits per heavy atom. The van der Waals surface area contributed by atoms with E-state index in [1.54, 1.807) is 6.07 Å². The Morgan fingerprint density at radius 3 is 2.57 bits per heavy atom. The maximum absolute atomic E-state index is 13.2. The second-order valence-electron chi connectivity index (χ2n) is 6.45. The number of likely N-dealkylation sites (tertiary alicyclic amines) is 2. The van der Waals surface area contributed by atoms with Gasteiger partial charge in [0.25, 0.3) is 0 Å². The fourth-order valence-electron chi connectivity index (χ4n) is 3.68. The van der Waals surface area contributed by atoms with Crippen LogP contribution in [0.2, 0.25) is 0 Å². The first-order valence-electron chi connectivity index (χ1n) is 8.31. The molecule has 2 fully saturated rings. The molecule has 3 heterocycles. The predicted molar refractivity (Wildman–Crippen MR) is 83.7 cm³/mol. The molecule has 6 heteroatoms. The van der Waals surface area contributed by atoms with Crippen molar-refractivity contribution < 1.29 is 13.7 Å². The molecule has 0 N–H and O–H groups in total. The van der Waals surface area contributed by atoms with E-state index in [4.69, 9.17) is 4.52 Å². The van der Waals surface area contributed by atoms with Crippen molar-refractivity contribution in [2.75, 3.05) is 26.2 Å². The van der Waals surface area contributed by atoms with Gasteiger partial charge in [0.1, 0.15) is 5.82 Å². The van der Waals surface area contributed by atoms with Crippen LogP contribution in [0.15, 0.2) is 22.7 Å². The number of rotatable bonds is 1. The van der Waals surface area contributed by atoms with E-state index in [-0.39, 0.29) is 17.8 Å². The molecule has 2 aromatic rings. The lowest BCUT2D eigenvalue weighted by Gasteiger charge is -2.34. The Kier molecular flexibility index (Phi) is 3.67. The molecule has 122 valence electrons. The second kappa shape index (κ2) is 5.83. The maximum Gasteiger partial charge on any atom is 0.319 e. The molecule has 0 aliphatic carbocycles. The fraction of sp³-hybridized carbons (Fsp3) is 0.529. The average Bonchev–Trinajstić information content (AvgIpc) is 3.23. The molecule has 2 amide bonds. The molecule has 1 aromatic carbocycles. The zero-order valence-electron chi connectivity index (χ0n) is 13.0. The summed E-state index contributed by atoms with van der Waals surface area (Å²) in [5.74, 6) is -0.0458. The third-order valence-corrected chi connectivity index (χ3v) is 4.99. The van der Waals surface area contributed by atoms with Gasteiger partial charge in [-0.3, -0.25) is 0 Å². The number of carbonyl (C=O) groups excluding carboxylic acids is 1. The number of hydrogen-bond acceptors (Lipinski definition) is 3. The molecule has 2 saturated heterocycles. The molecule has 0 saturated carbocycles. The molecular formula is C17H20FN3O2. The molecule has 5 nitrogen and oxygen atoms in total. The highest BCUT2D eigenvalue weighted by atomic mass is 19.1. The minimum atomic E-state index is -0.314. The minimum Gasteiger partial charge on any atom is -0.356 e. The smallest absolute Gasteiger partial charge is 0.319 e. The van der Waals surface area contributed by atoms with Crippen molar-refractivity contribution in [1.29, 1.82) is 0 Å². The summed E-state index contributed by atoms with van der Waals surface area (Å²) in [6, 6.07) is 4.72. The van der Waals surface area contributed by atoms with Crippen LogP contribution < -0.4 is 0 Å². The van der Waals surface area contributed by atoms with Crippen LogP contribution in [-0.4, -0.2) is 47.2 Å². The second-order valence-corrected chi connectivity index (χ2v) is 6.45. The zero-order chi connectivity index (χ0) is 15.8. The number of piperidine rings is 1. The summed E-state index contributed by atoms with van der Waals surface area (Å²) in [7, 11) is 0. The fourth-order valence-corrected chi connectivity index (χ4v) is 3.68. The van der Waals surface area contributed by atoms with Crippen molar-refractivity contribution in [2.24, 2.45) is 0 Å². The van der Waals surface area contributed by atoms with Gasteiger partial charge < -0.3 is 14.3 Å². The third-order valence-electron chi connectivity index (χ3n) is 4.99. The van der Waals surface area contributed by atoms with Crippen LogP contribution in [0, 0.1) is 5.82 Å². The van der Waals surface area contributed by atoms with Gasteiger partial charge in [-0.25, -0.2) is 9.18 Å². The molecule has 0 unspecified atom stereocenters. The van der Waals surface area contributed by atoms with Crippen molar-refractivity contribution >= 4 is 17.0 Å². The van der Waals surface area contributed by atoms with Gasteiger partial charge in [-0.15, -0.1) is 0 Å². The average molecular weight is 317 g/mol. The van der Waals surface area contributed by atoms with Gasteiger partial charge in [-0.05, 0) is 37.8 Å². The monoisotopic (exact) mass is 317 g/mol. The van der Waals surface area contributed by atoms with E-state index in [2.05, 4.69) is 5.16 Å². The quantitative estimate of drug-likeness (QED) is 0.810. The van der Waals surface area contributed by atoms with Gasteiger partial charge in [0.2, 0.25) is 0 Å². The maximum atomic E-state index is 13.2. The lowest BCUT2D eigenvalue weighted by Crippen LogP contribution is -2.45. The van der Waals surface area contributed by atoms with Gasteiger partial charge in [0.05, 0.1) is 5.69 Å².